The molecule has 2 atom stereocenters. The Morgan fingerprint density at radius 2 is 1.93 bits per heavy atom. The van der Waals surface area contributed by atoms with E-state index in [1.165, 1.54) is 5.56 Å². The van der Waals surface area contributed by atoms with Crippen molar-refractivity contribution in [2.45, 2.75) is 19.4 Å². The number of β-lactam (4-membered cyclic amide) rings is 1. The van der Waals surface area contributed by atoms with Crippen molar-refractivity contribution in [1.29, 1.82) is 0 Å². The molecule has 0 unspecified atom stereocenters. The van der Waals surface area contributed by atoms with E-state index in [1.807, 2.05) is 30.1 Å². The number of likely N-dealkylation sites (tertiary alicyclic amines) is 1. The van der Waals surface area contributed by atoms with E-state index in [4.69, 9.17) is 0 Å². The summed E-state index contributed by atoms with van der Waals surface area (Å²) in [6.07, 6.45) is 0.933. The number of carbonyl (C=O) groups excluding carboxylic acids is 1. The maximum absolute atomic E-state index is 11.5. The molecule has 0 saturated carbocycles. The van der Waals surface area contributed by atoms with Crippen LogP contribution in [-0.2, 0) is 4.79 Å². The Morgan fingerprint density at radius 1 is 1.29 bits per heavy atom. The topological polar surface area (TPSA) is 20.3 Å². The van der Waals surface area contributed by atoms with Crippen molar-refractivity contribution in [2.75, 3.05) is 7.05 Å². The fourth-order valence-corrected chi connectivity index (χ4v) is 2.23. The first kappa shape index (κ1) is 9.25. The van der Waals surface area contributed by atoms with Crippen LogP contribution in [0.5, 0.6) is 0 Å². The van der Waals surface area contributed by atoms with Gasteiger partial charge >= 0.3 is 0 Å². The maximum Gasteiger partial charge on any atom is 0.228 e. The van der Waals surface area contributed by atoms with Gasteiger partial charge < -0.3 is 4.90 Å². The van der Waals surface area contributed by atoms with Crippen LogP contribution in [0.1, 0.15) is 24.9 Å². The molecule has 1 aromatic carbocycles. The second-order valence-electron chi connectivity index (χ2n) is 3.82. The Morgan fingerprint density at radius 3 is 2.50 bits per heavy atom. The Kier molecular flexibility index (Phi) is 2.28. The zero-order valence-electron chi connectivity index (χ0n) is 8.60. The average molecular weight is 189 g/mol. The lowest BCUT2D eigenvalue weighted by Crippen LogP contribution is -2.52. The van der Waals surface area contributed by atoms with Crippen LogP contribution in [0.3, 0.4) is 0 Å². The summed E-state index contributed by atoms with van der Waals surface area (Å²) in [7, 11) is 1.88. The quantitative estimate of drug-likeness (QED) is 0.653. The minimum Gasteiger partial charge on any atom is -0.338 e. The standard InChI is InChI=1S/C12H15NO/c1-3-10-11(13(2)12(10)14)9-7-5-4-6-8-9/h4-8,10-11H,3H2,1-2H3/t10-,11+/m1/s1. The Hall–Kier alpha value is -1.31. The van der Waals surface area contributed by atoms with Crippen LogP contribution in [0.2, 0.25) is 0 Å². The third kappa shape index (κ3) is 1.22. The number of amides is 1. The molecule has 74 valence electrons. The molecule has 1 amide bonds. The van der Waals surface area contributed by atoms with E-state index in [0.717, 1.165) is 6.42 Å². The fraction of sp³-hybridized carbons (Fsp3) is 0.417. The molecule has 2 rings (SSSR count). The van der Waals surface area contributed by atoms with Gasteiger partial charge in [-0.25, -0.2) is 0 Å². The first-order valence-corrected chi connectivity index (χ1v) is 5.07. The van der Waals surface area contributed by atoms with Gasteiger partial charge in [0.25, 0.3) is 0 Å². The molecule has 2 heteroatoms. The highest BCUT2D eigenvalue weighted by Gasteiger charge is 2.43. The van der Waals surface area contributed by atoms with Crippen LogP contribution in [0.25, 0.3) is 0 Å². The zero-order valence-corrected chi connectivity index (χ0v) is 8.60. The number of benzene rings is 1. The van der Waals surface area contributed by atoms with Gasteiger partial charge in [0.2, 0.25) is 5.91 Å². The van der Waals surface area contributed by atoms with Crippen molar-refractivity contribution in [2.24, 2.45) is 5.92 Å². The van der Waals surface area contributed by atoms with E-state index in [-0.39, 0.29) is 11.8 Å². The summed E-state index contributed by atoms with van der Waals surface area (Å²) >= 11 is 0. The van der Waals surface area contributed by atoms with Crippen molar-refractivity contribution in [3.05, 3.63) is 35.9 Å². The molecule has 1 aromatic rings. The van der Waals surface area contributed by atoms with Crippen LogP contribution in [0.15, 0.2) is 30.3 Å². The molecule has 1 aliphatic rings. The zero-order chi connectivity index (χ0) is 10.1. The lowest BCUT2D eigenvalue weighted by atomic mass is 9.81. The van der Waals surface area contributed by atoms with E-state index in [1.54, 1.807) is 0 Å². The summed E-state index contributed by atoms with van der Waals surface area (Å²) in [5.41, 5.74) is 1.25. The van der Waals surface area contributed by atoms with E-state index < -0.39 is 0 Å². The molecule has 1 aliphatic heterocycles. The maximum atomic E-state index is 11.5. The SMILES string of the molecule is CC[C@H]1C(=O)N(C)[C@H]1c1ccccc1. The molecule has 14 heavy (non-hydrogen) atoms. The lowest BCUT2D eigenvalue weighted by molar-refractivity contribution is -0.154. The van der Waals surface area contributed by atoms with Crippen molar-refractivity contribution in [1.82, 2.24) is 4.90 Å². The highest BCUT2D eigenvalue weighted by atomic mass is 16.2. The van der Waals surface area contributed by atoms with Gasteiger partial charge in [0, 0.05) is 7.05 Å². The van der Waals surface area contributed by atoms with Gasteiger partial charge in [-0.1, -0.05) is 37.3 Å². The molecule has 0 radical (unpaired) electrons. The first-order chi connectivity index (χ1) is 6.75. The molecular weight excluding hydrogens is 174 g/mol. The minimum absolute atomic E-state index is 0.197. The summed E-state index contributed by atoms with van der Waals surface area (Å²) in [6.45, 7) is 2.07. The summed E-state index contributed by atoms with van der Waals surface area (Å²) in [6, 6.07) is 10.5. The van der Waals surface area contributed by atoms with Crippen molar-refractivity contribution >= 4 is 5.91 Å². The molecule has 2 nitrogen and oxygen atoms in total. The predicted octanol–water partition coefficient (Wildman–Crippen LogP) is 2.23. The van der Waals surface area contributed by atoms with Crippen LogP contribution in [-0.4, -0.2) is 17.9 Å². The second-order valence-corrected chi connectivity index (χ2v) is 3.82. The minimum atomic E-state index is 0.197. The number of hydrogen-bond acceptors (Lipinski definition) is 1. The molecule has 1 heterocycles. The third-order valence-corrected chi connectivity index (χ3v) is 3.04. The molecule has 0 aromatic heterocycles. The smallest absolute Gasteiger partial charge is 0.228 e. The molecule has 0 N–H and O–H groups in total. The number of hydrogen-bond donors (Lipinski definition) is 0. The van der Waals surface area contributed by atoms with Crippen LogP contribution < -0.4 is 0 Å². The van der Waals surface area contributed by atoms with Gasteiger partial charge in [-0.05, 0) is 12.0 Å². The van der Waals surface area contributed by atoms with Gasteiger partial charge in [0.15, 0.2) is 0 Å². The van der Waals surface area contributed by atoms with Gasteiger partial charge in [-0.3, -0.25) is 4.79 Å². The average Bonchev–Trinajstić information content (AvgIpc) is 2.25. The number of nitrogens with zero attached hydrogens (tertiary/aromatic N) is 1. The predicted molar refractivity (Wildman–Crippen MR) is 55.7 cm³/mol. The van der Waals surface area contributed by atoms with E-state index >= 15 is 0 Å². The third-order valence-electron chi connectivity index (χ3n) is 3.04. The highest BCUT2D eigenvalue weighted by Crippen LogP contribution is 2.40. The van der Waals surface area contributed by atoms with Gasteiger partial charge in [-0.2, -0.15) is 0 Å². The molecule has 0 spiro atoms. The summed E-state index contributed by atoms with van der Waals surface area (Å²) < 4.78 is 0. The molecule has 0 bridgehead atoms. The molecule has 0 aliphatic carbocycles. The van der Waals surface area contributed by atoms with Crippen LogP contribution in [0, 0.1) is 5.92 Å². The normalized spacial score (nSPS) is 26.1. The lowest BCUT2D eigenvalue weighted by Gasteiger charge is -2.45. The largest absolute Gasteiger partial charge is 0.338 e. The van der Waals surface area contributed by atoms with E-state index in [9.17, 15) is 4.79 Å². The molecular formula is C12H15NO. The van der Waals surface area contributed by atoms with Crippen molar-refractivity contribution in [3.8, 4) is 0 Å². The summed E-state index contributed by atoms with van der Waals surface area (Å²) in [4.78, 5) is 13.3. The van der Waals surface area contributed by atoms with Crippen molar-refractivity contribution in [3.63, 3.8) is 0 Å². The highest BCUT2D eigenvalue weighted by molar-refractivity contribution is 5.86. The summed E-state index contributed by atoms with van der Waals surface area (Å²) in [5.74, 6) is 0.476. The fourth-order valence-electron chi connectivity index (χ4n) is 2.23. The Bertz CT molecular complexity index is 333. The number of rotatable bonds is 2. The van der Waals surface area contributed by atoms with Gasteiger partial charge in [0.05, 0.1) is 12.0 Å². The van der Waals surface area contributed by atoms with E-state index in [2.05, 4.69) is 19.1 Å². The van der Waals surface area contributed by atoms with Crippen LogP contribution >= 0.6 is 0 Å². The first-order valence-electron chi connectivity index (χ1n) is 5.07. The Labute approximate surface area is 84.5 Å². The molecule has 1 saturated heterocycles. The second kappa shape index (κ2) is 3.45. The van der Waals surface area contributed by atoms with Gasteiger partial charge in [-0.15, -0.1) is 0 Å². The van der Waals surface area contributed by atoms with Crippen LogP contribution in [0.4, 0.5) is 0 Å². The number of carbonyl (C=O) groups is 1. The monoisotopic (exact) mass is 189 g/mol. The van der Waals surface area contributed by atoms with E-state index in [0.29, 0.717) is 6.04 Å². The van der Waals surface area contributed by atoms with Crippen molar-refractivity contribution < 1.29 is 4.79 Å². The Balaban J connectivity index is 2.23. The van der Waals surface area contributed by atoms with Gasteiger partial charge in [0.1, 0.15) is 0 Å². The molecule has 1 fully saturated rings. The summed E-state index contributed by atoms with van der Waals surface area (Å²) in [5, 5.41) is 0.